The largest absolute Gasteiger partial charge is 0.508 e. The first-order valence-electron chi connectivity index (χ1n) is 6.02. The molecule has 2 aromatic carbocycles. The summed E-state index contributed by atoms with van der Waals surface area (Å²) in [7, 11) is 0. The number of phenols is 2. The summed E-state index contributed by atoms with van der Waals surface area (Å²) in [4.78, 5) is 0. The van der Waals surface area contributed by atoms with Crippen LogP contribution in [0, 0.1) is 12.7 Å². The van der Waals surface area contributed by atoms with Gasteiger partial charge in [0.2, 0.25) is 0 Å². The fourth-order valence-corrected chi connectivity index (χ4v) is 1.98. The Morgan fingerprint density at radius 3 is 2.32 bits per heavy atom. The second kappa shape index (κ2) is 5.18. The zero-order chi connectivity index (χ0) is 14.0. The van der Waals surface area contributed by atoms with Gasteiger partial charge in [-0.2, -0.15) is 0 Å². The van der Waals surface area contributed by atoms with Gasteiger partial charge in [0.1, 0.15) is 17.3 Å². The van der Waals surface area contributed by atoms with E-state index < -0.39 is 0 Å². The predicted molar refractivity (Wildman–Crippen MR) is 72.9 cm³/mol. The number of rotatable bonds is 3. The summed E-state index contributed by atoms with van der Waals surface area (Å²) in [5.74, 6) is -0.362. The van der Waals surface area contributed by atoms with Gasteiger partial charge >= 0.3 is 0 Å². The third-order valence-corrected chi connectivity index (χ3v) is 3.01. The number of halogens is 1. The Balaban J connectivity index is 2.28. The maximum absolute atomic E-state index is 13.7. The lowest BCUT2D eigenvalue weighted by molar-refractivity contribution is 0.448. The molecule has 0 fully saturated rings. The number of anilines is 1. The second-order valence-electron chi connectivity index (χ2n) is 4.58. The van der Waals surface area contributed by atoms with Crippen LogP contribution in [0.1, 0.15) is 24.1 Å². The fraction of sp³-hybridized carbons (Fsp3) is 0.200. The van der Waals surface area contributed by atoms with Gasteiger partial charge in [-0.15, -0.1) is 0 Å². The molecule has 0 saturated carbocycles. The number of benzene rings is 2. The highest BCUT2D eigenvalue weighted by molar-refractivity contribution is 5.53. The highest BCUT2D eigenvalue weighted by Crippen LogP contribution is 2.29. The number of phenolic OH excluding ortho intramolecular Hbond substituents is 2. The molecular formula is C15H16FNO2. The van der Waals surface area contributed by atoms with E-state index >= 15 is 0 Å². The molecule has 2 aromatic rings. The lowest BCUT2D eigenvalue weighted by Gasteiger charge is -2.18. The number of hydrogen-bond donors (Lipinski definition) is 3. The van der Waals surface area contributed by atoms with E-state index in [2.05, 4.69) is 5.32 Å². The van der Waals surface area contributed by atoms with E-state index in [1.54, 1.807) is 6.07 Å². The van der Waals surface area contributed by atoms with Crippen molar-refractivity contribution in [2.24, 2.45) is 0 Å². The Labute approximate surface area is 111 Å². The fourth-order valence-electron chi connectivity index (χ4n) is 1.98. The van der Waals surface area contributed by atoms with Gasteiger partial charge in [0.05, 0.1) is 5.69 Å². The average Bonchev–Trinajstić information content (AvgIpc) is 2.32. The maximum Gasteiger partial charge on any atom is 0.146 e. The van der Waals surface area contributed by atoms with E-state index in [1.807, 2.05) is 19.9 Å². The molecule has 0 aliphatic heterocycles. The number of aryl methyl sites for hydroxylation is 1. The average molecular weight is 261 g/mol. The van der Waals surface area contributed by atoms with Crippen LogP contribution in [0.25, 0.3) is 0 Å². The van der Waals surface area contributed by atoms with Crippen LogP contribution in [0.2, 0.25) is 0 Å². The van der Waals surface area contributed by atoms with Gasteiger partial charge in [-0.1, -0.05) is 12.1 Å². The van der Waals surface area contributed by atoms with E-state index in [-0.39, 0.29) is 23.4 Å². The standard InChI is InChI=1S/C15H16FNO2/c1-9-4-3-5-14(16)15(9)17-10(2)11-6-12(18)8-13(19)7-11/h3-8,10,17-19H,1-2H3. The molecule has 1 atom stereocenters. The minimum Gasteiger partial charge on any atom is -0.508 e. The van der Waals surface area contributed by atoms with E-state index in [1.165, 1.54) is 24.3 Å². The Morgan fingerprint density at radius 1 is 1.11 bits per heavy atom. The number of para-hydroxylation sites is 1. The first-order valence-corrected chi connectivity index (χ1v) is 6.02. The van der Waals surface area contributed by atoms with Gasteiger partial charge in [0.15, 0.2) is 0 Å². The van der Waals surface area contributed by atoms with Gasteiger partial charge in [-0.25, -0.2) is 4.39 Å². The van der Waals surface area contributed by atoms with E-state index in [0.717, 1.165) is 5.56 Å². The molecule has 3 N–H and O–H groups in total. The molecule has 0 aliphatic rings. The molecular weight excluding hydrogens is 245 g/mol. The van der Waals surface area contributed by atoms with Crippen LogP contribution >= 0.6 is 0 Å². The predicted octanol–water partition coefficient (Wildman–Crippen LogP) is 3.72. The number of aromatic hydroxyl groups is 2. The molecule has 0 bridgehead atoms. The molecule has 3 nitrogen and oxygen atoms in total. The van der Waals surface area contributed by atoms with Gasteiger partial charge in [-0.3, -0.25) is 0 Å². The Hall–Kier alpha value is -2.23. The van der Waals surface area contributed by atoms with Gasteiger partial charge in [0.25, 0.3) is 0 Å². The van der Waals surface area contributed by atoms with Crippen molar-refractivity contribution in [3.05, 3.63) is 53.3 Å². The third-order valence-electron chi connectivity index (χ3n) is 3.01. The van der Waals surface area contributed by atoms with Crippen LogP contribution < -0.4 is 5.32 Å². The van der Waals surface area contributed by atoms with Gasteiger partial charge < -0.3 is 15.5 Å². The SMILES string of the molecule is Cc1cccc(F)c1NC(C)c1cc(O)cc(O)c1. The summed E-state index contributed by atoms with van der Waals surface area (Å²) in [6, 6.07) is 8.94. The van der Waals surface area contributed by atoms with Crippen molar-refractivity contribution in [1.82, 2.24) is 0 Å². The van der Waals surface area contributed by atoms with Gasteiger partial charge in [-0.05, 0) is 43.2 Å². The number of hydrogen-bond acceptors (Lipinski definition) is 3. The van der Waals surface area contributed by atoms with Crippen LogP contribution in [0.3, 0.4) is 0 Å². The molecule has 0 radical (unpaired) electrons. The van der Waals surface area contributed by atoms with Crippen molar-refractivity contribution >= 4 is 5.69 Å². The zero-order valence-electron chi connectivity index (χ0n) is 10.8. The monoisotopic (exact) mass is 261 g/mol. The maximum atomic E-state index is 13.7. The van der Waals surface area contributed by atoms with Crippen LogP contribution in [0.15, 0.2) is 36.4 Å². The normalized spacial score (nSPS) is 12.2. The highest BCUT2D eigenvalue weighted by Gasteiger charge is 2.12. The topological polar surface area (TPSA) is 52.5 Å². The summed E-state index contributed by atoms with van der Waals surface area (Å²) in [5.41, 5.74) is 1.91. The summed E-state index contributed by atoms with van der Waals surface area (Å²) < 4.78 is 13.7. The molecule has 0 heterocycles. The summed E-state index contributed by atoms with van der Waals surface area (Å²) in [5, 5.41) is 22.0. The second-order valence-corrected chi connectivity index (χ2v) is 4.58. The van der Waals surface area contributed by atoms with Crippen molar-refractivity contribution < 1.29 is 14.6 Å². The molecule has 0 aliphatic carbocycles. The molecule has 1 unspecified atom stereocenters. The van der Waals surface area contributed by atoms with Crippen LogP contribution in [-0.4, -0.2) is 10.2 Å². The lowest BCUT2D eigenvalue weighted by atomic mass is 10.1. The molecule has 0 saturated heterocycles. The van der Waals surface area contributed by atoms with Crippen molar-refractivity contribution in [3.63, 3.8) is 0 Å². The third kappa shape index (κ3) is 2.96. The van der Waals surface area contributed by atoms with E-state index in [0.29, 0.717) is 11.3 Å². The molecule has 0 spiro atoms. The summed E-state index contributed by atoms with van der Waals surface area (Å²) in [6.45, 7) is 3.65. The van der Waals surface area contributed by atoms with Crippen LogP contribution in [0.5, 0.6) is 11.5 Å². The zero-order valence-corrected chi connectivity index (χ0v) is 10.8. The van der Waals surface area contributed by atoms with E-state index in [9.17, 15) is 14.6 Å². The van der Waals surface area contributed by atoms with Crippen molar-refractivity contribution in [1.29, 1.82) is 0 Å². The van der Waals surface area contributed by atoms with Gasteiger partial charge in [0, 0.05) is 12.1 Å². The summed E-state index contributed by atoms with van der Waals surface area (Å²) >= 11 is 0. The van der Waals surface area contributed by atoms with Crippen LogP contribution in [0.4, 0.5) is 10.1 Å². The molecule has 2 rings (SSSR count). The first kappa shape index (κ1) is 13.2. The Bertz CT molecular complexity index is 558. The van der Waals surface area contributed by atoms with Crippen molar-refractivity contribution in [2.75, 3.05) is 5.32 Å². The smallest absolute Gasteiger partial charge is 0.146 e. The number of nitrogens with one attached hydrogen (secondary N) is 1. The van der Waals surface area contributed by atoms with Crippen molar-refractivity contribution in [2.45, 2.75) is 19.9 Å². The highest BCUT2D eigenvalue weighted by atomic mass is 19.1. The lowest BCUT2D eigenvalue weighted by Crippen LogP contribution is -2.09. The molecule has 19 heavy (non-hydrogen) atoms. The Kier molecular flexibility index (Phi) is 3.60. The molecule has 0 aromatic heterocycles. The van der Waals surface area contributed by atoms with Crippen molar-refractivity contribution in [3.8, 4) is 11.5 Å². The first-order chi connectivity index (χ1) is 8.97. The molecule has 4 heteroatoms. The minimum atomic E-state index is -0.323. The van der Waals surface area contributed by atoms with E-state index in [4.69, 9.17) is 0 Å². The quantitative estimate of drug-likeness (QED) is 0.789. The molecule has 0 amide bonds. The molecule has 100 valence electrons. The Morgan fingerprint density at radius 2 is 1.74 bits per heavy atom. The minimum absolute atomic E-state index is 0.0195. The van der Waals surface area contributed by atoms with Crippen LogP contribution in [-0.2, 0) is 0 Å². The summed E-state index contributed by atoms with van der Waals surface area (Å²) in [6.07, 6.45) is 0.